The summed E-state index contributed by atoms with van der Waals surface area (Å²) in [6.45, 7) is 8.67. The van der Waals surface area contributed by atoms with Crippen LogP contribution in [0.5, 0.6) is 0 Å². The van der Waals surface area contributed by atoms with E-state index in [1.807, 2.05) is 18.3 Å². The summed E-state index contributed by atoms with van der Waals surface area (Å²) in [5.74, 6) is 2.64. The Morgan fingerprint density at radius 2 is 2.29 bits per heavy atom. The van der Waals surface area contributed by atoms with Gasteiger partial charge in [-0.2, -0.15) is 5.10 Å². The van der Waals surface area contributed by atoms with E-state index in [0.717, 1.165) is 18.2 Å². The molecule has 0 saturated carbocycles. The lowest BCUT2D eigenvalue weighted by atomic mass is 9.98. The van der Waals surface area contributed by atoms with E-state index in [4.69, 9.17) is 0 Å². The van der Waals surface area contributed by atoms with Gasteiger partial charge in [-0.15, -0.1) is 11.3 Å². The van der Waals surface area contributed by atoms with Gasteiger partial charge in [-0.05, 0) is 57.0 Å². The quantitative estimate of drug-likeness (QED) is 0.852. The summed E-state index contributed by atoms with van der Waals surface area (Å²) < 4.78 is 2.09. The molecular weight excluding hydrogens is 280 g/mol. The van der Waals surface area contributed by atoms with Crippen LogP contribution in [-0.4, -0.2) is 39.3 Å². The number of thiophene rings is 1. The molecule has 1 fully saturated rings. The van der Waals surface area contributed by atoms with E-state index in [1.54, 1.807) is 0 Å². The molecule has 1 atom stereocenters. The highest BCUT2D eigenvalue weighted by atomic mass is 32.1. The Kier molecular flexibility index (Phi) is 4.70. The zero-order chi connectivity index (χ0) is 14.7. The fourth-order valence-corrected chi connectivity index (χ4v) is 3.90. The molecule has 2 aromatic rings. The molecule has 0 unspecified atom stereocenters. The Balaban J connectivity index is 1.52. The molecule has 0 aromatic carbocycles. The van der Waals surface area contributed by atoms with Gasteiger partial charge in [0.15, 0.2) is 0 Å². The number of nitrogens with zero attached hydrogens (tertiary/aromatic N) is 4. The minimum absolute atomic E-state index is 0.710. The van der Waals surface area contributed by atoms with E-state index in [2.05, 4.69) is 44.1 Å². The summed E-state index contributed by atoms with van der Waals surface area (Å²) in [4.78, 5) is 8.52. The third-order valence-electron chi connectivity index (χ3n) is 4.25. The number of aromatic nitrogens is 3. The molecule has 1 saturated heterocycles. The number of likely N-dealkylation sites (tertiary alicyclic amines) is 1. The van der Waals surface area contributed by atoms with Crippen LogP contribution in [0.15, 0.2) is 17.5 Å². The predicted molar refractivity (Wildman–Crippen MR) is 86.7 cm³/mol. The summed E-state index contributed by atoms with van der Waals surface area (Å²) in [5.41, 5.74) is 0. The second kappa shape index (κ2) is 6.71. The number of piperidine rings is 1. The topological polar surface area (TPSA) is 34.0 Å². The van der Waals surface area contributed by atoms with E-state index in [0.29, 0.717) is 5.92 Å². The Labute approximate surface area is 130 Å². The third kappa shape index (κ3) is 3.92. The average Bonchev–Trinajstić information content (AvgIpc) is 3.07. The van der Waals surface area contributed by atoms with E-state index in [1.165, 1.54) is 43.8 Å². The minimum Gasteiger partial charge on any atom is -0.303 e. The normalized spacial score (nSPS) is 20.0. The highest BCUT2D eigenvalue weighted by Gasteiger charge is 2.21. The molecule has 0 aliphatic carbocycles. The van der Waals surface area contributed by atoms with Crippen LogP contribution in [0, 0.1) is 19.8 Å². The maximum atomic E-state index is 4.50. The second-order valence-electron chi connectivity index (χ2n) is 6.03. The van der Waals surface area contributed by atoms with Crippen molar-refractivity contribution in [2.24, 2.45) is 5.92 Å². The van der Waals surface area contributed by atoms with Crippen molar-refractivity contribution in [3.05, 3.63) is 34.0 Å². The van der Waals surface area contributed by atoms with Crippen LogP contribution in [-0.2, 0) is 13.0 Å². The number of hydrogen-bond acceptors (Lipinski definition) is 4. The van der Waals surface area contributed by atoms with Gasteiger partial charge in [0, 0.05) is 24.5 Å². The van der Waals surface area contributed by atoms with Gasteiger partial charge in [0.1, 0.15) is 11.6 Å². The molecule has 0 radical (unpaired) electrons. The lowest BCUT2D eigenvalue weighted by Crippen LogP contribution is -2.38. The van der Waals surface area contributed by atoms with Crippen LogP contribution in [0.25, 0.3) is 0 Å². The van der Waals surface area contributed by atoms with Crippen LogP contribution in [0.3, 0.4) is 0 Å². The monoisotopic (exact) mass is 304 g/mol. The van der Waals surface area contributed by atoms with Crippen molar-refractivity contribution in [2.75, 3.05) is 19.6 Å². The van der Waals surface area contributed by atoms with E-state index in [9.17, 15) is 0 Å². The van der Waals surface area contributed by atoms with Crippen molar-refractivity contribution in [2.45, 2.75) is 39.7 Å². The Hall–Kier alpha value is -1.20. The molecule has 21 heavy (non-hydrogen) atoms. The molecule has 5 heteroatoms. The largest absolute Gasteiger partial charge is 0.303 e. The Morgan fingerprint density at radius 1 is 1.38 bits per heavy atom. The second-order valence-corrected chi connectivity index (χ2v) is 7.06. The molecule has 0 amide bonds. The molecule has 2 aromatic heterocycles. The van der Waals surface area contributed by atoms with Crippen LogP contribution < -0.4 is 0 Å². The van der Waals surface area contributed by atoms with E-state index >= 15 is 0 Å². The third-order valence-corrected chi connectivity index (χ3v) is 5.19. The first-order valence-corrected chi connectivity index (χ1v) is 8.71. The summed E-state index contributed by atoms with van der Waals surface area (Å²) in [6.07, 6.45) is 3.81. The predicted octanol–water partition coefficient (Wildman–Crippen LogP) is 2.91. The molecule has 4 nitrogen and oxygen atoms in total. The van der Waals surface area contributed by atoms with Crippen LogP contribution in [0.2, 0.25) is 0 Å². The van der Waals surface area contributed by atoms with Gasteiger partial charge in [0.25, 0.3) is 0 Å². The van der Waals surface area contributed by atoms with Crippen molar-refractivity contribution in [1.82, 2.24) is 19.7 Å². The van der Waals surface area contributed by atoms with Crippen LogP contribution in [0.1, 0.15) is 29.4 Å². The molecular formula is C16H24N4S. The highest BCUT2D eigenvalue weighted by molar-refractivity contribution is 7.09. The minimum atomic E-state index is 0.710. The van der Waals surface area contributed by atoms with Crippen molar-refractivity contribution in [3.8, 4) is 0 Å². The Morgan fingerprint density at radius 3 is 3.00 bits per heavy atom. The summed E-state index contributed by atoms with van der Waals surface area (Å²) in [7, 11) is 0. The fraction of sp³-hybridized carbons (Fsp3) is 0.625. The van der Waals surface area contributed by atoms with Gasteiger partial charge < -0.3 is 4.90 Å². The van der Waals surface area contributed by atoms with Crippen LogP contribution in [0.4, 0.5) is 0 Å². The van der Waals surface area contributed by atoms with Crippen molar-refractivity contribution < 1.29 is 0 Å². The SMILES string of the molecule is Cc1nc(C)n(C[C@H]2CCCN(CCc3cccs3)C2)n1. The first-order chi connectivity index (χ1) is 10.2. The van der Waals surface area contributed by atoms with Crippen molar-refractivity contribution in [3.63, 3.8) is 0 Å². The van der Waals surface area contributed by atoms with Gasteiger partial charge in [-0.1, -0.05) is 6.07 Å². The average molecular weight is 304 g/mol. The number of hydrogen-bond donors (Lipinski definition) is 0. The lowest BCUT2D eigenvalue weighted by molar-refractivity contribution is 0.161. The summed E-state index contributed by atoms with van der Waals surface area (Å²) in [6, 6.07) is 4.39. The Bertz CT molecular complexity index is 561. The summed E-state index contributed by atoms with van der Waals surface area (Å²) in [5, 5.41) is 6.68. The lowest BCUT2D eigenvalue weighted by Gasteiger charge is -2.32. The molecule has 1 aliphatic rings. The maximum absolute atomic E-state index is 4.50. The number of aryl methyl sites for hydroxylation is 2. The van der Waals surface area contributed by atoms with Gasteiger partial charge >= 0.3 is 0 Å². The standard InChI is InChI=1S/C16H24N4S/c1-13-17-14(2)20(18-13)12-15-5-3-8-19(11-15)9-7-16-6-4-10-21-16/h4,6,10,15H,3,5,7-9,11-12H2,1-2H3/t15-/m0/s1. The molecule has 0 spiro atoms. The maximum Gasteiger partial charge on any atom is 0.147 e. The first-order valence-electron chi connectivity index (χ1n) is 7.83. The zero-order valence-electron chi connectivity index (χ0n) is 13.0. The smallest absolute Gasteiger partial charge is 0.147 e. The van der Waals surface area contributed by atoms with Gasteiger partial charge in [0.2, 0.25) is 0 Å². The number of rotatable bonds is 5. The molecule has 1 aliphatic heterocycles. The van der Waals surface area contributed by atoms with Crippen molar-refractivity contribution in [1.29, 1.82) is 0 Å². The fourth-order valence-electron chi connectivity index (χ4n) is 3.21. The van der Waals surface area contributed by atoms with E-state index in [-0.39, 0.29) is 0 Å². The molecule has 3 heterocycles. The molecule has 0 N–H and O–H groups in total. The van der Waals surface area contributed by atoms with Gasteiger partial charge in [0.05, 0.1) is 0 Å². The van der Waals surface area contributed by atoms with Crippen LogP contribution >= 0.6 is 11.3 Å². The summed E-state index contributed by atoms with van der Waals surface area (Å²) >= 11 is 1.87. The molecule has 3 rings (SSSR count). The molecule has 0 bridgehead atoms. The van der Waals surface area contributed by atoms with Crippen molar-refractivity contribution >= 4 is 11.3 Å². The van der Waals surface area contributed by atoms with E-state index < -0.39 is 0 Å². The zero-order valence-corrected chi connectivity index (χ0v) is 13.8. The highest BCUT2D eigenvalue weighted by Crippen LogP contribution is 2.19. The molecule has 114 valence electrons. The first kappa shape index (κ1) is 14.7. The van der Waals surface area contributed by atoms with Gasteiger partial charge in [-0.3, -0.25) is 0 Å². The van der Waals surface area contributed by atoms with Gasteiger partial charge in [-0.25, -0.2) is 9.67 Å².